The fourth-order valence-electron chi connectivity index (χ4n) is 2.69. The van der Waals surface area contributed by atoms with E-state index in [2.05, 4.69) is 70.5 Å². The lowest BCUT2D eigenvalue weighted by molar-refractivity contribution is 0.107. The third-order valence-electron chi connectivity index (χ3n) is 3.69. The number of halogens is 1. The molecule has 0 radical (unpaired) electrons. The van der Waals surface area contributed by atoms with Gasteiger partial charge in [-0.1, -0.05) is 58.4 Å². The van der Waals surface area contributed by atoms with Gasteiger partial charge in [-0.15, -0.1) is 0 Å². The quantitative estimate of drug-likeness (QED) is 0.792. The van der Waals surface area contributed by atoms with Gasteiger partial charge in [0.05, 0.1) is 12.7 Å². The molecule has 1 fully saturated rings. The summed E-state index contributed by atoms with van der Waals surface area (Å²) >= 11 is 3.47. The number of hydrogen-bond donors (Lipinski definition) is 0. The molecule has 1 saturated heterocycles. The fourth-order valence-corrected chi connectivity index (χ4v) is 2.95. The normalized spacial score (nSPS) is 22.6. The predicted molar refractivity (Wildman–Crippen MR) is 81.1 cm³/mol. The number of hydrogen-bond acceptors (Lipinski definition) is 1. The Labute approximate surface area is 122 Å². The molecule has 0 N–H and O–H groups in total. The van der Waals surface area contributed by atoms with Crippen molar-refractivity contribution in [3.63, 3.8) is 0 Å². The van der Waals surface area contributed by atoms with E-state index in [0.717, 1.165) is 23.9 Å². The minimum absolute atomic E-state index is 0.279. The molecule has 0 aromatic heterocycles. The maximum Gasteiger partial charge on any atom is 0.0828 e. The van der Waals surface area contributed by atoms with Gasteiger partial charge in [0.1, 0.15) is 0 Å². The molecule has 3 rings (SSSR count). The molecule has 98 valence electrons. The summed E-state index contributed by atoms with van der Waals surface area (Å²) in [7, 11) is 0. The second-order valence-corrected chi connectivity index (χ2v) is 6.08. The predicted octanol–water partition coefficient (Wildman–Crippen LogP) is 4.77. The van der Waals surface area contributed by atoms with Gasteiger partial charge in [-0.2, -0.15) is 0 Å². The summed E-state index contributed by atoms with van der Waals surface area (Å²) in [5, 5.41) is 0. The standard InChI is InChI=1S/C17H17BrO/c18-16-8-6-13(7-9-16)10-14-11-17(19-12-14)15-4-2-1-3-5-15/h1-9,14,17H,10-12H2/t14-,17+/m1/s1. The maximum absolute atomic E-state index is 5.94. The Morgan fingerprint density at radius 2 is 1.74 bits per heavy atom. The molecule has 0 unspecified atom stereocenters. The van der Waals surface area contributed by atoms with E-state index in [1.54, 1.807) is 0 Å². The van der Waals surface area contributed by atoms with E-state index < -0.39 is 0 Å². The van der Waals surface area contributed by atoms with Crippen molar-refractivity contribution in [2.75, 3.05) is 6.61 Å². The summed E-state index contributed by atoms with van der Waals surface area (Å²) in [6.45, 7) is 0.871. The van der Waals surface area contributed by atoms with Gasteiger partial charge in [0.15, 0.2) is 0 Å². The van der Waals surface area contributed by atoms with E-state index in [1.165, 1.54) is 11.1 Å². The monoisotopic (exact) mass is 316 g/mol. The van der Waals surface area contributed by atoms with Crippen molar-refractivity contribution in [1.82, 2.24) is 0 Å². The average molecular weight is 317 g/mol. The summed E-state index contributed by atoms with van der Waals surface area (Å²) in [5.74, 6) is 0.631. The van der Waals surface area contributed by atoms with Crippen molar-refractivity contribution >= 4 is 15.9 Å². The van der Waals surface area contributed by atoms with Crippen LogP contribution in [-0.4, -0.2) is 6.61 Å². The zero-order valence-corrected chi connectivity index (χ0v) is 12.3. The van der Waals surface area contributed by atoms with Crippen molar-refractivity contribution in [3.8, 4) is 0 Å². The minimum atomic E-state index is 0.279. The molecule has 2 aromatic rings. The summed E-state index contributed by atoms with van der Waals surface area (Å²) in [4.78, 5) is 0. The van der Waals surface area contributed by atoms with Crippen LogP contribution in [0, 0.1) is 5.92 Å². The zero-order valence-electron chi connectivity index (χ0n) is 10.8. The first-order valence-corrected chi connectivity index (χ1v) is 7.51. The Bertz CT molecular complexity index is 521. The van der Waals surface area contributed by atoms with Crippen LogP contribution >= 0.6 is 15.9 Å². The van der Waals surface area contributed by atoms with E-state index in [-0.39, 0.29) is 6.10 Å². The van der Waals surface area contributed by atoms with Gasteiger partial charge in [0, 0.05) is 4.47 Å². The van der Waals surface area contributed by atoms with Crippen LogP contribution in [0.4, 0.5) is 0 Å². The minimum Gasteiger partial charge on any atom is -0.373 e. The van der Waals surface area contributed by atoms with Crippen LogP contribution in [0.25, 0.3) is 0 Å². The Kier molecular flexibility index (Phi) is 4.00. The van der Waals surface area contributed by atoms with Crippen molar-refractivity contribution in [2.45, 2.75) is 18.9 Å². The SMILES string of the molecule is Brc1ccc(C[C@H]2CO[C@H](c3ccccc3)C2)cc1. The van der Waals surface area contributed by atoms with Gasteiger partial charge in [0.25, 0.3) is 0 Å². The largest absolute Gasteiger partial charge is 0.373 e. The summed E-state index contributed by atoms with van der Waals surface area (Å²) < 4.78 is 7.08. The van der Waals surface area contributed by atoms with E-state index in [1.807, 2.05) is 0 Å². The van der Waals surface area contributed by atoms with Crippen LogP contribution < -0.4 is 0 Å². The van der Waals surface area contributed by atoms with E-state index in [9.17, 15) is 0 Å². The third kappa shape index (κ3) is 3.26. The number of rotatable bonds is 3. The zero-order chi connectivity index (χ0) is 13.1. The van der Waals surface area contributed by atoms with Crippen molar-refractivity contribution in [3.05, 3.63) is 70.2 Å². The fraction of sp³-hybridized carbons (Fsp3) is 0.294. The van der Waals surface area contributed by atoms with E-state index in [0.29, 0.717) is 5.92 Å². The van der Waals surface area contributed by atoms with Crippen LogP contribution in [0.1, 0.15) is 23.7 Å². The van der Waals surface area contributed by atoms with Crippen molar-refractivity contribution in [2.24, 2.45) is 5.92 Å². The van der Waals surface area contributed by atoms with Gasteiger partial charge in [0.2, 0.25) is 0 Å². The topological polar surface area (TPSA) is 9.23 Å². The van der Waals surface area contributed by atoms with Gasteiger partial charge in [-0.3, -0.25) is 0 Å². The molecule has 2 atom stereocenters. The highest BCUT2D eigenvalue weighted by atomic mass is 79.9. The van der Waals surface area contributed by atoms with Crippen LogP contribution in [0.3, 0.4) is 0 Å². The maximum atomic E-state index is 5.94. The molecule has 0 amide bonds. The second kappa shape index (κ2) is 5.89. The van der Waals surface area contributed by atoms with Gasteiger partial charge < -0.3 is 4.74 Å². The van der Waals surface area contributed by atoms with E-state index >= 15 is 0 Å². The first-order valence-electron chi connectivity index (χ1n) is 6.72. The first kappa shape index (κ1) is 12.9. The van der Waals surface area contributed by atoms with Crippen molar-refractivity contribution < 1.29 is 4.74 Å². The molecule has 0 bridgehead atoms. The molecular weight excluding hydrogens is 300 g/mol. The number of benzene rings is 2. The first-order chi connectivity index (χ1) is 9.31. The van der Waals surface area contributed by atoms with Crippen LogP contribution in [0.2, 0.25) is 0 Å². The second-order valence-electron chi connectivity index (χ2n) is 5.16. The summed E-state index contributed by atoms with van der Waals surface area (Å²) in [5.41, 5.74) is 2.70. The highest BCUT2D eigenvalue weighted by Gasteiger charge is 2.26. The van der Waals surface area contributed by atoms with Gasteiger partial charge in [-0.05, 0) is 42.0 Å². The number of ether oxygens (including phenoxy) is 1. The molecule has 19 heavy (non-hydrogen) atoms. The molecule has 1 nitrogen and oxygen atoms in total. The smallest absolute Gasteiger partial charge is 0.0828 e. The Morgan fingerprint density at radius 3 is 2.47 bits per heavy atom. The molecule has 0 spiro atoms. The Balaban J connectivity index is 1.62. The summed E-state index contributed by atoms with van der Waals surface area (Å²) in [6.07, 6.45) is 2.51. The average Bonchev–Trinajstić information content (AvgIpc) is 2.91. The Morgan fingerprint density at radius 1 is 1.00 bits per heavy atom. The van der Waals surface area contributed by atoms with Crippen molar-refractivity contribution in [1.29, 1.82) is 0 Å². The molecule has 0 aliphatic carbocycles. The molecule has 1 heterocycles. The van der Waals surface area contributed by atoms with Crippen LogP contribution in [0.15, 0.2) is 59.1 Å². The highest BCUT2D eigenvalue weighted by Crippen LogP contribution is 2.34. The molecular formula is C17H17BrO. The third-order valence-corrected chi connectivity index (χ3v) is 4.22. The van der Waals surface area contributed by atoms with Gasteiger partial charge in [-0.25, -0.2) is 0 Å². The lowest BCUT2D eigenvalue weighted by Crippen LogP contribution is -2.03. The molecule has 2 aromatic carbocycles. The lowest BCUT2D eigenvalue weighted by Gasteiger charge is -2.10. The van der Waals surface area contributed by atoms with Crippen LogP contribution in [-0.2, 0) is 11.2 Å². The molecule has 1 aliphatic rings. The molecule has 2 heteroatoms. The Hall–Kier alpha value is -1.12. The van der Waals surface area contributed by atoms with Gasteiger partial charge >= 0.3 is 0 Å². The van der Waals surface area contributed by atoms with E-state index in [4.69, 9.17) is 4.74 Å². The highest BCUT2D eigenvalue weighted by molar-refractivity contribution is 9.10. The van der Waals surface area contributed by atoms with Crippen LogP contribution in [0.5, 0.6) is 0 Å². The lowest BCUT2D eigenvalue weighted by atomic mass is 9.94. The molecule has 0 saturated carbocycles. The summed E-state index contributed by atoms with van der Waals surface area (Å²) in [6, 6.07) is 19.2. The molecule has 1 aliphatic heterocycles.